The zero-order chi connectivity index (χ0) is 10.1. The van der Waals surface area contributed by atoms with Gasteiger partial charge in [0.15, 0.2) is 0 Å². The van der Waals surface area contributed by atoms with Gasteiger partial charge in [-0.05, 0) is 29.7 Å². The number of ketones is 1. The number of fused-ring (bicyclic) bond motifs is 1. The highest BCUT2D eigenvalue weighted by Gasteiger charge is 2.22. The molecule has 1 atom stereocenters. The summed E-state index contributed by atoms with van der Waals surface area (Å²) in [6.07, 6.45) is 1.44. The molecule has 14 heavy (non-hydrogen) atoms. The summed E-state index contributed by atoms with van der Waals surface area (Å²) in [4.78, 5) is 11.5. The number of carbonyl (C=O) groups is 1. The molecule has 0 spiro atoms. The van der Waals surface area contributed by atoms with Crippen molar-refractivity contribution < 1.29 is 9.53 Å². The van der Waals surface area contributed by atoms with Crippen LogP contribution < -0.4 is 4.74 Å². The number of carbonyl (C=O) groups excluding carboxylic acids is 1. The van der Waals surface area contributed by atoms with E-state index in [-0.39, 0.29) is 5.92 Å². The third-order valence-corrected chi connectivity index (χ3v) is 2.85. The molecule has 1 aliphatic carbocycles. The molecule has 1 aromatic carbocycles. The molecule has 2 heteroatoms. The van der Waals surface area contributed by atoms with Crippen molar-refractivity contribution in [3.05, 3.63) is 29.3 Å². The topological polar surface area (TPSA) is 26.3 Å². The Balaban J connectivity index is 2.37. The number of ether oxygens (including phenoxy) is 1. The third kappa shape index (κ3) is 1.52. The molecule has 0 aromatic heterocycles. The molecule has 0 saturated carbocycles. The van der Waals surface area contributed by atoms with Crippen LogP contribution in [0.5, 0.6) is 5.75 Å². The lowest BCUT2D eigenvalue weighted by molar-refractivity contribution is -0.122. The van der Waals surface area contributed by atoms with Gasteiger partial charge in [0.05, 0.1) is 7.11 Å². The first-order valence-corrected chi connectivity index (χ1v) is 4.89. The van der Waals surface area contributed by atoms with Gasteiger partial charge in [-0.3, -0.25) is 4.79 Å². The average Bonchev–Trinajstić information content (AvgIpc) is 2.19. The lowest BCUT2D eigenvalue weighted by Crippen LogP contribution is -2.22. The monoisotopic (exact) mass is 190 g/mol. The summed E-state index contributed by atoms with van der Waals surface area (Å²) in [6.45, 7) is 1.99. The van der Waals surface area contributed by atoms with Crippen molar-refractivity contribution in [2.75, 3.05) is 7.11 Å². The Hall–Kier alpha value is -1.31. The fraction of sp³-hybridized carbons (Fsp3) is 0.417. The van der Waals surface area contributed by atoms with E-state index >= 15 is 0 Å². The van der Waals surface area contributed by atoms with Crippen LogP contribution in [0.3, 0.4) is 0 Å². The maximum absolute atomic E-state index is 11.5. The summed E-state index contributed by atoms with van der Waals surface area (Å²) in [5, 5.41) is 0. The van der Waals surface area contributed by atoms with Gasteiger partial charge in [-0.25, -0.2) is 0 Å². The molecule has 0 saturated heterocycles. The lowest BCUT2D eigenvalue weighted by atomic mass is 9.84. The number of methoxy groups -OCH3 is 1. The number of Topliss-reactive ketones (excluding diaryl/α,β-unsaturated/α-hetero) is 1. The van der Waals surface area contributed by atoms with Gasteiger partial charge in [0.25, 0.3) is 0 Å². The summed E-state index contributed by atoms with van der Waals surface area (Å²) in [7, 11) is 1.67. The van der Waals surface area contributed by atoms with E-state index in [2.05, 4.69) is 0 Å². The molecule has 74 valence electrons. The number of hydrogen-bond acceptors (Lipinski definition) is 2. The molecule has 2 nitrogen and oxygen atoms in total. The molecule has 0 heterocycles. The zero-order valence-electron chi connectivity index (χ0n) is 8.54. The van der Waals surface area contributed by atoms with Crippen molar-refractivity contribution in [2.24, 2.45) is 5.92 Å². The second-order valence-electron chi connectivity index (χ2n) is 3.88. The molecular formula is C12H14O2. The van der Waals surface area contributed by atoms with Gasteiger partial charge < -0.3 is 4.74 Å². The van der Waals surface area contributed by atoms with Gasteiger partial charge in [-0.15, -0.1) is 0 Å². The van der Waals surface area contributed by atoms with E-state index < -0.39 is 0 Å². The summed E-state index contributed by atoms with van der Waals surface area (Å²) in [5.74, 6) is 1.39. The molecule has 1 aliphatic rings. The summed E-state index contributed by atoms with van der Waals surface area (Å²) in [6, 6.07) is 5.96. The van der Waals surface area contributed by atoms with E-state index in [1.165, 1.54) is 5.56 Å². The Kier molecular flexibility index (Phi) is 2.28. The van der Waals surface area contributed by atoms with Gasteiger partial charge in [0.1, 0.15) is 11.5 Å². The van der Waals surface area contributed by atoms with Gasteiger partial charge in [0.2, 0.25) is 0 Å². The second-order valence-corrected chi connectivity index (χ2v) is 3.88. The molecule has 0 N–H and O–H groups in total. The van der Waals surface area contributed by atoms with Gasteiger partial charge in [-0.1, -0.05) is 13.0 Å². The van der Waals surface area contributed by atoms with Crippen LogP contribution in [0.2, 0.25) is 0 Å². The minimum absolute atomic E-state index is 0.162. The van der Waals surface area contributed by atoms with Gasteiger partial charge in [0, 0.05) is 12.3 Å². The fourth-order valence-corrected chi connectivity index (χ4v) is 1.90. The molecule has 0 radical (unpaired) electrons. The molecule has 2 rings (SSSR count). The first-order valence-electron chi connectivity index (χ1n) is 4.89. The predicted octanol–water partition coefficient (Wildman–Crippen LogP) is 2.00. The molecule has 0 amide bonds. The summed E-state index contributed by atoms with van der Waals surface area (Å²) in [5.41, 5.74) is 2.42. The number of hydrogen-bond donors (Lipinski definition) is 0. The van der Waals surface area contributed by atoms with Crippen LogP contribution in [0.4, 0.5) is 0 Å². The van der Waals surface area contributed by atoms with Crippen molar-refractivity contribution in [2.45, 2.75) is 19.8 Å². The van der Waals surface area contributed by atoms with Crippen LogP contribution in [0.1, 0.15) is 18.1 Å². The quantitative estimate of drug-likeness (QED) is 0.677. The van der Waals surface area contributed by atoms with Crippen molar-refractivity contribution in [3.63, 3.8) is 0 Å². The highest BCUT2D eigenvalue weighted by molar-refractivity contribution is 5.85. The van der Waals surface area contributed by atoms with Crippen LogP contribution in [0.15, 0.2) is 18.2 Å². The highest BCUT2D eigenvalue weighted by Crippen LogP contribution is 2.26. The minimum atomic E-state index is 0.162. The van der Waals surface area contributed by atoms with Gasteiger partial charge in [-0.2, -0.15) is 0 Å². The molecule has 0 aliphatic heterocycles. The van der Waals surface area contributed by atoms with E-state index in [4.69, 9.17) is 4.74 Å². The predicted molar refractivity (Wildman–Crippen MR) is 54.6 cm³/mol. The van der Waals surface area contributed by atoms with Crippen molar-refractivity contribution in [3.8, 4) is 5.75 Å². The SMILES string of the molecule is COc1ccc2c(c1)CC(C)C(=O)C2. The Morgan fingerprint density at radius 2 is 2.14 bits per heavy atom. The molecule has 0 fully saturated rings. The average molecular weight is 190 g/mol. The first-order chi connectivity index (χ1) is 6.70. The van der Waals surface area contributed by atoms with Crippen molar-refractivity contribution in [1.29, 1.82) is 0 Å². The van der Waals surface area contributed by atoms with Gasteiger partial charge >= 0.3 is 0 Å². The molecule has 1 aromatic rings. The van der Waals surface area contributed by atoms with Crippen LogP contribution >= 0.6 is 0 Å². The molecule has 1 unspecified atom stereocenters. The Morgan fingerprint density at radius 3 is 2.86 bits per heavy atom. The summed E-state index contributed by atoms with van der Waals surface area (Å²) < 4.78 is 5.16. The molecule has 0 bridgehead atoms. The third-order valence-electron chi connectivity index (χ3n) is 2.85. The largest absolute Gasteiger partial charge is 0.497 e. The maximum Gasteiger partial charge on any atom is 0.140 e. The Labute approximate surface area is 83.9 Å². The lowest BCUT2D eigenvalue weighted by Gasteiger charge is -2.20. The summed E-state index contributed by atoms with van der Waals surface area (Å²) >= 11 is 0. The van der Waals surface area contributed by atoms with Crippen molar-refractivity contribution in [1.82, 2.24) is 0 Å². The Bertz CT molecular complexity index is 369. The van der Waals surface area contributed by atoms with E-state index in [0.29, 0.717) is 12.2 Å². The van der Waals surface area contributed by atoms with Crippen LogP contribution in [0, 0.1) is 5.92 Å². The van der Waals surface area contributed by atoms with E-state index in [1.54, 1.807) is 7.11 Å². The molecular weight excluding hydrogens is 176 g/mol. The van der Waals surface area contributed by atoms with E-state index in [9.17, 15) is 4.79 Å². The minimum Gasteiger partial charge on any atom is -0.497 e. The normalized spacial score (nSPS) is 20.4. The standard InChI is InChI=1S/C12H14O2/c1-8-5-10-6-11(14-2)4-3-9(10)7-12(8)13/h3-4,6,8H,5,7H2,1-2H3. The number of benzene rings is 1. The van der Waals surface area contributed by atoms with Crippen molar-refractivity contribution >= 4 is 5.78 Å². The smallest absolute Gasteiger partial charge is 0.140 e. The zero-order valence-corrected chi connectivity index (χ0v) is 8.54. The Morgan fingerprint density at radius 1 is 1.36 bits per heavy atom. The fourth-order valence-electron chi connectivity index (χ4n) is 1.90. The van der Waals surface area contributed by atoms with E-state index in [0.717, 1.165) is 17.7 Å². The van der Waals surface area contributed by atoms with Crippen LogP contribution in [0.25, 0.3) is 0 Å². The first kappa shape index (κ1) is 9.25. The second kappa shape index (κ2) is 3.45. The van der Waals surface area contributed by atoms with E-state index in [1.807, 2.05) is 25.1 Å². The van der Waals surface area contributed by atoms with Crippen LogP contribution in [-0.4, -0.2) is 12.9 Å². The maximum atomic E-state index is 11.5. The highest BCUT2D eigenvalue weighted by atomic mass is 16.5. The number of rotatable bonds is 1. The van der Waals surface area contributed by atoms with Crippen LogP contribution in [-0.2, 0) is 17.6 Å².